The van der Waals surface area contributed by atoms with E-state index in [1.807, 2.05) is 6.92 Å². The maximum atomic E-state index is 13.2. The lowest BCUT2D eigenvalue weighted by Crippen LogP contribution is -2.55. The highest BCUT2D eigenvalue weighted by Crippen LogP contribution is 2.61. The minimum absolute atomic E-state index is 0.000389. The molecule has 1 amide bonds. The maximum absolute atomic E-state index is 13.2. The molecule has 0 saturated heterocycles. The van der Waals surface area contributed by atoms with Gasteiger partial charge in [-0.3, -0.25) is 4.79 Å². The van der Waals surface area contributed by atoms with E-state index >= 15 is 0 Å². The third-order valence-electron chi connectivity index (χ3n) is 8.25. The molecule has 5 aliphatic rings. The highest BCUT2D eigenvalue weighted by atomic mass is 32.2. The lowest BCUT2D eigenvalue weighted by atomic mass is 9.48. The Morgan fingerprint density at radius 1 is 1.14 bits per heavy atom. The fourth-order valence-electron chi connectivity index (χ4n) is 7.39. The molecule has 0 aromatic heterocycles. The fourth-order valence-corrected chi connectivity index (χ4v) is 8.78. The number of amides is 1. The van der Waals surface area contributed by atoms with Gasteiger partial charge in [-0.1, -0.05) is 0 Å². The molecule has 0 spiro atoms. The Hall–Kier alpha value is -1.40. The zero-order valence-electron chi connectivity index (χ0n) is 17.6. The number of carbonyl (C=O) groups excluding carboxylic acids is 1. The van der Waals surface area contributed by atoms with E-state index in [1.54, 1.807) is 30.0 Å². The number of benzene rings is 1. The Kier molecular flexibility index (Phi) is 4.42. The van der Waals surface area contributed by atoms with Gasteiger partial charge in [0.2, 0.25) is 15.9 Å². The van der Waals surface area contributed by atoms with E-state index in [4.69, 9.17) is 0 Å². The molecule has 29 heavy (non-hydrogen) atoms. The standard InChI is InChI=1S/C23H32N2O3S/c1-14-6-20-10-21(4-5-22(20)25(14)16(3)26)29(27,28)24-15(2)23-11-17-7-18(12-23)9-19(8-17)13-23/h4-5,10,14-15,17-19,24H,6-9,11-13H2,1-3H3. The van der Waals surface area contributed by atoms with Gasteiger partial charge in [-0.25, -0.2) is 13.1 Å². The summed E-state index contributed by atoms with van der Waals surface area (Å²) in [5.41, 5.74) is 1.93. The van der Waals surface area contributed by atoms with Crippen LogP contribution in [0.5, 0.6) is 0 Å². The molecule has 1 aromatic rings. The normalized spacial score (nSPS) is 36.3. The second-order valence-corrected chi connectivity index (χ2v) is 12.1. The van der Waals surface area contributed by atoms with Crippen LogP contribution < -0.4 is 9.62 Å². The zero-order chi connectivity index (χ0) is 20.6. The Labute approximate surface area is 174 Å². The molecular weight excluding hydrogens is 384 g/mol. The van der Waals surface area contributed by atoms with Crippen molar-refractivity contribution in [3.63, 3.8) is 0 Å². The van der Waals surface area contributed by atoms with Crippen LogP contribution >= 0.6 is 0 Å². The van der Waals surface area contributed by atoms with E-state index < -0.39 is 10.0 Å². The van der Waals surface area contributed by atoms with Gasteiger partial charge in [0.05, 0.1) is 4.90 Å². The van der Waals surface area contributed by atoms with Gasteiger partial charge in [0, 0.05) is 24.7 Å². The molecule has 4 bridgehead atoms. The van der Waals surface area contributed by atoms with Crippen LogP contribution in [0.15, 0.2) is 23.1 Å². The van der Waals surface area contributed by atoms with Crippen molar-refractivity contribution < 1.29 is 13.2 Å². The summed E-state index contributed by atoms with van der Waals surface area (Å²) in [4.78, 5) is 14.0. The van der Waals surface area contributed by atoms with Crippen LogP contribution in [0.2, 0.25) is 0 Å². The molecule has 1 heterocycles. The van der Waals surface area contributed by atoms with Crippen molar-refractivity contribution in [1.82, 2.24) is 4.72 Å². The van der Waals surface area contributed by atoms with E-state index in [0.717, 1.165) is 29.0 Å². The van der Waals surface area contributed by atoms with Crippen LogP contribution in [0.1, 0.15) is 64.9 Å². The Morgan fingerprint density at radius 2 is 1.72 bits per heavy atom. The molecule has 0 radical (unpaired) electrons. The molecule has 2 atom stereocenters. The van der Waals surface area contributed by atoms with Gasteiger partial charge in [-0.15, -0.1) is 0 Å². The van der Waals surface area contributed by atoms with Gasteiger partial charge in [-0.2, -0.15) is 0 Å². The van der Waals surface area contributed by atoms with Crippen LogP contribution in [-0.4, -0.2) is 26.4 Å². The average Bonchev–Trinajstić information content (AvgIpc) is 2.95. The van der Waals surface area contributed by atoms with Crippen LogP contribution in [0.25, 0.3) is 0 Å². The van der Waals surface area contributed by atoms with Crippen molar-refractivity contribution in [2.75, 3.05) is 4.90 Å². The quantitative estimate of drug-likeness (QED) is 0.810. The van der Waals surface area contributed by atoms with Gasteiger partial charge < -0.3 is 4.90 Å². The predicted molar refractivity (Wildman–Crippen MR) is 113 cm³/mol. The number of anilines is 1. The van der Waals surface area contributed by atoms with Gasteiger partial charge in [0.15, 0.2) is 0 Å². The number of carbonyl (C=O) groups is 1. The number of hydrogen-bond acceptors (Lipinski definition) is 3. The van der Waals surface area contributed by atoms with Crippen molar-refractivity contribution in [2.45, 2.75) is 82.7 Å². The molecule has 1 aliphatic heterocycles. The summed E-state index contributed by atoms with van der Waals surface area (Å²) in [6.45, 7) is 5.64. The van der Waals surface area contributed by atoms with Crippen molar-refractivity contribution in [3.8, 4) is 0 Å². The number of nitrogens with one attached hydrogen (secondary N) is 1. The number of rotatable bonds is 4. The highest BCUT2D eigenvalue weighted by molar-refractivity contribution is 7.89. The first-order valence-corrected chi connectivity index (χ1v) is 12.6. The predicted octanol–water partition coefficient (Wildman–Crippen LogP) is 3.87. The lowest BCUT2D eigenvalue weighted by Gasteiger charge is -2.59. The summed E-state index contributed by atoms with van der Waals surface area (Å²) >= 11 is 0. The van der Waals surface area contributed by atoms with E-state index in [-0.39, 0.29) is 23.4 Å². The number of nitrogens with zero attached hydrogens (tertiary/aromatic N) is 1. The lowest BCUT2D eigenvalue weighted by molar-refractivity contribution is -0.116. The molecule has 1 aromatic carbocycles. The van der Waals surface area contributed by atoms with Crippen molar-refractivity contribution in [3.05, 3.63) is 23.8 Å². The molecule has 1 N–H and O–H groups in total. The van der Waals surface area contributed by atoms with Crippen molar-refractivity contribution in [1.29, 1.82) is 0 Å². The van der Waals surface area contributed by atoms with Crippen molar-refractivity contribution >= 4 is 21.6 Å². The first kappa shape index (κ1) is 19.6. The van der Waals surface area contributed by atoms with Crippen LogP contribution in [0.3, 0.4) is 0 Å². The van der Waals surface area contributed by atoms with Gasteiger partial charge in [0.1, 0.15) is 0 Å². The largest absolute Gasteiger partial charge is 0.309 e. The topological polar surface area (TPSA) is 66.5 Å². The van der Waals surface area contributed by atoms with Crippen molar-refractivity contribution in [2.24, 2.45) is 23.2 Å². The zero-order valence-corrected chi connectivity index (χ0v) is 18.5. The first-order valence-electron chi connectivity index (χ1n) is 11.1. The molecule has 158 valence electrons. The summed E-state index contributed by atoms with van der Waals surface area (Å²) in [5, 5.41) is 0. The number of sulfonamides is 1. The van der Waals surface area contributed by atoms with Crippen LogP contribution in [-0.2, 0) is 21.2 Å². The molecule has 4 aliphatic carbocycles. The maximum Gasteiger partial charge on any atom is 0.240 e. The summed E-state index contributed by atoms with van der Waals surface area (Å²) in [7, 11) is -3.58. The molecule has 6 heteroatoms. The summed E-state index contributed by atoms with van der Waals surface area (Å²) in [6.07, 6.45) is 8.30. The third-order valence-corrected chi connectivity index (χ3v) is 9.79. The van der Waals surface area contributed by atoms with Gasteiger partial charge in [-0.05, 0) is 106 Å². The minimum Gasteiger partial charge on any atom is -0.309 e. The number of hydrogen-bond donors (Lipinski definition) is 1. The average molecular weight is 417 g/mol. The smallest absolute Gasteiger partial charge is 0.240 e. The molecule has 4 fully saturated rings. The summed E-state index contributed by atoms with van der Waals surface area (Å²) in [6, 6.07) is 5.25. The third kappa shape index (κ3) is 3.14. The van der Waals surface area contributed by atoms with Gasteiger partial charge >= 0.3 is 0 Å². The Balaban J connectivity index is 1.38. The molecule has 5 nitrogen and oxygen atoms in total. The highest BCUT2D eigenvalue weighted by Gasteiger charge is 2.53. The molecule has 2 unspecified atom stereocenters. The Bertz CT molecular complexity index is 920. The second kappa shape index (κ2) is 6.55. The second-order valence-electron chi connectivity index (χ2n) is 10.4. The first-order chi connectivity index (χ1) is 13.7. The van der Waals surface area contributed by atoms with E-state index in [2.05, 4.69) is 11.6 Å². The van der Waals surface area contributed by atoms with E-state index in [0.29, 0.717) is 11.3 Å². The Morgan fingerprint density at radius 3 is 2.28 bits per heavy atom. The van der Waals surface area contributed by atoms with Crippen LogP contribution in [0.4, 0.5) is 5.69 Å². The monoisotopic (exact) mass is 416 g/mol. The summed E-state index contributed by atoms with van der Waals surface area (Å²) in [5.74, 6) is 2.40. The minimum atomic E-state index is -3.58. The summed E-state index contributed by atoms with van der Waals surface area (Å²) < 4.78 is 29.5. The van der Waals surface area contributed by atoms with Crippen LogP contribution in [0, 0.1) is 23.2 Å². The fraction of sp³-hybridized carbons (Fsp3) is 0.696. The van der Waals surface area contributed by atoms with E-state index in [1.165, 1.54) is 38.5 Å². The molecule has 6 rings (SSSR count). The SMILES string of the molecule is CC(=O)N1c2ccc(S(=O)(=O)NC(C)C34CC5CC(CC(C5)C3)C4)cc2CC1C. The molecule has 4 saturated carbocycles. The molecular formula is C23H32N2O3S. The van der Waals surface area contributed by atoms with Gasteiger partial charge in [0.25, 0.3) is 0 Å². The number of fused-ring (bicyclic) bond motifs is 1. The van der Waals surface area contributed by atoms with E-state index in [9.17, 15) is 13.2 Å².